The highest BCUT2D eigenvalue weighted by molar-refractivity contribution is 7.10. The number of nitrogens with one attached hydrogen (secondary N) is 1. The first kappa shape index (κ1) is 12.9. The summed E-state index contributed by atoms with van der Waals surface area (Å²) >= 11 is 1.74. The Morgan fingerprint density at radius 2 is 2.11 bits per heavy atom. The molecule has 18 heavy (non-hydrogen) atoms. The van der Waals surface area contributed by atoms with Gasteiger partial charge in [0.15, 0.2) is 0 Å². The zero-order valence-electron chi connectivity index (χ0n) is 10.5. The first-order valence-corrected chi connectivity index (χ1v) is 6.70. The minimum atomic E-state index is -0.310. The second-order valence-corrected chi connectivity index (χ2v) is 5.89. The SMILES string of the molecule is CC(C)(CNc1ccc(F)cc1N)c1cccs1. The van der Waals surface area contributed by atoms with Gasteiger partial charge in [-0.1, -0.05) is 19.9 Å². The van der Waals surface area contributed by atoms with Crippen molar-refractivity contribution >= 4 is 22.7 Å². The zero-order chi connectivity index (χ0) is 13.2. The molecule has 1 heterocycles. The monoisotopic (exact) mass is 264 g/mol. The standard InChI is InChI=1S/C14H17FN2S/c1-14(2,13-4-3-7-18-13)9-17-12-6-5-10(15)8-11(12)16/h3-8,17H,9,16H2,1-2H3. The summed E-state index contributed by atoms with van der Waals surface area (Å²) in [7, 11) is 0. The zero-order valence-corrected chi connectivity index (χ0v) is 11.4. The molecule has 0 bridgehead atoms. The summed E-state index contributed by atoms with van der Waals surface area (Å²) < 4.78 is 12.9. The van der Waals surface area contributed by atoms with Crippen molar-refractivity contribution in [2.45, 2.75) is 19.3 Å². The molecule has 4 heteroatoms. The number of hydrogen-bond acceptors (Lipinski definition) is 3. The summed E-state index contributed by atoms with van der Waals surface area (Å²) in [5, 5.41) is 5.36. The number of rotatable bonds is 4. The number of thiophene rings is 1. The number of anilines is 2. The Balaban J connectivity index is 2.07. The second kappa shape index (κ2) is 4.98. The number of nitrogens with two attached hydrogens (primary N) is 1. The minimum Gasteiger partial charge on any atom is -0.397 e. The van der Waals surface area contributed by atoms with Gasteiger partial charge < -0.3 is 11.1 Å². The van der Waals surface area contributed by atoms with Gasteiger partial charge in [-0.15, -0.1) is 11.3 Å². The van der Waals surface area contributed by atoms with E-state index >= 15 is 0 Å². The molecule has 0 radical (unpaired) electrons. The molecule has 0 aliphatic heterocycles. The molecule has 3 N–H and O–H groups in total. The van der Waals surface area contributed by atoms with Gasteiger partial charge in [-0.05, 0) is 29.6 Å². The van der Waals surface area contributed by atoms with Crippen LogP contribution < -0.4 is 11.1 Å². The third-order valence-corrected chi connectivity index (χ3v) is 4.16. The van der Waals surface area contributed by atoms with Crippen molar-refractivity contribution in [3.05, 3.63) is 46.4 Å². The fourth-order valence-corrected chi connectivity index (χ4v) is 2.61. The predicted octanol–water partition coefficient (Wildman–Crippen LogP) is 3.86. The van der Waals surface area contributed by atoms with Crippen LogP contribution >= 0.6 is 11.3 Å². The molecule has 2 aromatic rings. The Morgan fingerprint density at radius 3 is 2.72 bits per heavy atom. The molecular weight excluding hydrogens is 247 g/mol. The molecule has 0 atom stereocenters. The van der Waals surface area contributed by atoms with Gasteiger partial charge in [-0.2, -0.15) is 0 Å². The van der Waals surface area contributed by atoms with E-state index in [1.54, 1.807) is 17.4 Å². The van der Waals surface area contributed by atoms with Crippen LogP contribution in [0.25, 0.3) is 0 Å². The van der Waals surface area contributed by atoms with E-state index in [9.17, 15) is 4.39 Å². The van der Waals surface area contributed by atoms with E-state index in [0.717, 1.165) is 12.2 Å². The average Bonchev–Trinajstić information content (AvgIpc) is 2.82. The smallest absolute Gasteiger partial charge is 0.125 e. The van der Waals surface area contributed by atoms with E-state index < -0.39 is 0 Å². The lowest BCUT2D eigenvalue weighted by molar-refractivity contribution is 0.569. The maximum absolute atomic E-state index is 12.9. The highest BCUT2D eigenvalue weighted by Crippen LogP contribution is 2.29. The molecule has 1 aromatic carbocycles. The van der Waals surface area contributed by atoms with Gasteiger partial charge >= 0.3 is 0 Å². The van der Waals surface area contributed by atoms with Gasteiger partial charge in [0.25, 0.3) is 0 Å². The summed E-state index contributed by atoms with van der Waals surface area (Å²) in [4.78, 5) is 1.32. The predicted molar refractivity (Wildman–Crippen MR) is 76.6 cm³/mol. The Kier molecular flexibility index (Phi) is 3.57. The lowest BCUT2D eigenvalue weighted by atomic mass is 9.91. The van der Waals surface area contributed by atoms with Crippen molar-refractivity contribution in [1.82, 2.24) is 0 Å². The van der Waals surface area contributed by atoms with Crippen LogP contribution in [-0.4, -0.2) is 6.54 Å². The van der Waals surface area contributed by atoms with Crippen LogP contribution in [-0.2, 0) is 5.41 Å². The number of hydrogen-bond donors (Lipinski definition) is 2. The summed E-state index contributed by atoms with van der Waals surface area (Å²) in [5.74, 6) is -0.310. The third kappa shape index (κ3) is 2.82. The summed E-state index contributed by atoms with van der Waals surface area (Å²) in [6.45, 7) is 5.10. The molecule has 0 amide bonds. The molecular formula is C14H17FN2S. The van der Waals surface area contributed by atoms with Gasteiger partial charge in [0.05, 0.1) is 11.4 Å². The second-order valence-electron chi connectivity index (χ2n) is 4.95. The van der Waals surface area contributed by atoms with Crippen molar-refractivity contribution < 1.29 is 4.39 Å². The van der Waals surface area contributed by atoms with Crippen molar-refractivity contribution in [3.8, 4) is 0 Å². The maximum Gasteiger partial charge on any atom is 0.125 e. The van der Waals surface area contributed by atoms with Crippen LogP contribution in [0.1, 0.15) is 18.7 Å². The molecule has 0 fully saturated rings. The number of benzene rings is 1. The topological polar surface area (TPSA) is 38.0 Å². The first-order chi connectivity index (χ1) is 8.49. The van der Waals surface area contributed by atoms with Crippen molar-refractivity contribution in [2.24, 2.45) is 0 Å². The summed E-state index contributed by atoms with van der Waals surface area (Å²) in [5.41, 5.74) is 7.01. The first-order valence-electron chi connectivity index (χ1n) is 5.82. The Bertz CT molecular complexity index is 521. The van der Waals surface area contributed by atoms with Crippen LogP contribution in [0.4, 0.5) is 15.8 Å². The Hall–Kier alpha value is -1.55. The average molecular weight is 264 g/mol. The fraction of sp³-hybridized carbons (Fsp3) is 0.286. The van der Waals surface area contributed by atoms with Crippen molar-refractivity contribution in [1.29, 1.82) is 0 Å². The van der Waals surface area contributed by atoms with Crippen LogP contribution in [0, 0.1) is 5.82 Å². The van der Waals surface area contributed by atoms with Crippen LogP contribution in [0.3, 0.4) is 0 Å². The molecule has 96 valence electrons. The van der Waals surface area contributed by atoms with Crippen molar-refractivity contribution in [3.63, 3.8) is 0 Å². The summed E-state index contributed by atoms with van der Waals surface area (Å²) in [6.07, 6.45) is 0. The van der Waals surface area contributed by atoms with Gasteiger partial charge in [0.1, 0.15) is 5.82 Å². The van der Waals surface area contributed by atoms with Crippen LogP contribution in [0.15, 0.2) is 35.7 Å². The van der Waals surface area contributed by atoms with Crippen molar-refractivity contribution in [2.75, 3.05) is 17.6 Å². The maximum atomic E-state index is 12.9. The Morgan fingerprint density at radius 1 is 1.33 bits per heavy atom. The quantitative estimate of drug-likeness (QED) is 0.823. The Labute approximate surface area is 111 Å². The molecule has 0 aliphatic rings. The van der Waals surface area contributed by atoms with Gasteiger partial charge in [0.2, 0.25) is 0 Å². The van der Waals surface area contributed by atoms with Crippen LogP contribution in [0.2, 0.25) is 0 Å². The van der Waals surface area contributed by atoms with Gasteiger partial charge in [0, 0.05) is 16.8 Å². The van der Waals surface area contributed by atoms with E-state index in [-0.39, 0.29) is 11.2 Å². The number of nitrogen functional groups attached to an aromatic ring is 1. The van der Waals surface area contributed by atoms with Gasteiger partial charge in [-0.25, -0.2) is 4.39 Å². The van der Waals surface area contributed by atoms with E-state index in [2.05, 4.69) is 30.6 Å². The highest BCUT2D eigenvalue weighted by Gasteiger charge is 2.21. The lowest BCUT2D eigenvalue weighted by Crippen LogP contribution is -2.26. The molecule has 0 aliphatic carbocycles. The fourth-order valence-electron chi connectivity index (χ4n) is 1.76. The highest BCUT2D eigenvalue weighted by atomic mass is 32.1. The largest absolute Gasteiger partial charge is 0.397 e. The van der Waals surface area contributed by atoms with Crippen LogP contribution in [0.5, 0.6) is 0 Å². The molecule has 2 nitrogen and oxygen atoms in total. The van der Waals surface area contributed by atoms with E-state index in [4.69, 9.17) is 5.73 Å². The molecule has 0 spiro atoms. The van der Waals surface area contributed by atoms with E-state index in [0.29, 0.717) is 5.69 Å². The molecule has 0 saturated heterocycles. The molecule has 0 saturated carbocycles. The lowest BCUT2D eigenvalue weighted by Gasteiger charge is -2.24. The van der Waals surface area contributed by atoms with Gasteiger partial charge in [-0.3, -0.25) is 0 Å². The van der Waals surface area contributed by atoms with E-state index in [1.165, 1.54) is 17.0 Å². The number of halogens is 1. The molecule has 2 rings (SSSR count). The molecule has 0 unspecified atom stereocenters. The summed E-state index contributed by atoms with van der Waals surface area (Å²) in [6, 6.07) is 8.60. The molecule has 1 aromatic heterocycles. The minimum absolute atomic E-state index is 0.0228. The normalized spacial score (nSPS) is 11.5. The third-order valence-electron chi connectivity index (χ3n) is 2.92. The van der Waals surface area contributed by atoms with E-state index in [1.807, 2.05) is 6.07 Å².